The van der Waals surface area contributed by atoms with Crippen molar-refractivity contribution in [2.45, 2.75) is 26.2 Å². The minimum absolute atomic E-state index is 0.184. The second-order valence-corrected chi connectivity index (χ2v) is 6.80. The zero-order valence-corrected chi connectivity index (χ0v) is 12.6. The van der Waals surface area contributed by atoms with Gasteiger partial charge in [-0.1, -0.05) is 31.6 Å². The fourth-order valence-corrected chi connectivity index (χ4v) is 2.72. The Morgan fingerprint density at radius 1 is 1.30 bits per heavy atom. The van der Waals surface area contributed by atoms with Crippen molar-refractivity contribution in [3.63, 3.8) is 0 Å². The summed E-state index contributed by atoms with van der Waals surface area (Å²) < 4.78 is 22.9. The molecule has 0 radical (unpaired) electrons. The third kappa shape index (κ3) is 6.02. The van der Waals surface area contributed by atoms with Crippen molar-refractivity contribution in [1.29, 1.82) is 0 Å². The Morgan fingerprint density at radius 2 is 1.95 bits per heavy atom. The van der Waals surface area contributed by atoms with Crippen molar-refractivity contribution < 1.29 is 13.2 Å². The van der Waals surface area contributed by atoms with E-state index < -0.39 is 21.5 Å². The van der Waals surface area contributed by atoms with E-state index in [0.717, 1.165) is 19.3 Å². The first-order chi connectivity index (χ1) is 9.46. The van der Waals surface area contributed by atoms with E-state index in [1.165, 1.54) is 11.6 Å². The minimum Gasteiger partial charge on any atom is -0.325 e. The number of amides is 1. The van der Waals surface area contributed by atoms with Gasteiger partial charge in [0.15, 0.2) is 9.84 Å². The summed E-state index contributed by atoms with van der Waals surface area (Å²) in [6, 6.07) is 7.49. The monoisotopic (exact) mass is 295 g/mol. The Kier molecular flexibility index (Phi) is 6.45. The van der Waals surface area contributed by atoms with Gasteiger partial charge in [0.2, 0.25) is 5.91 Å². The Morgan fingerprint density at radius 3 is 2.50 bits per heavy atom. The largest absolute Gasteiger partial charge is 0.325 e. The Labute approximate surface area is 120 Å². The summed E-state index contributed by atoms with van der Waals surface area (Å²) >= 11 is 0. The predicted molar refractivity (Wildman–Crippen MR) is 82.5 cm³/mol. The number of aryl methyl sites for hydroxylation is 1. The number of unbranched alkanes of at least 4 members (excludes halogenated alkanes) is 1. The molecule has 0 atom stereocenters. The number of rotatable bonds is 8. The molecule has 0 heterocycles. The van der Waals surface area contributed by atoms with Crippen LogP contribution in [0.4, 0.5) is 5.69 Å². The van der Waals surface area contributed by atoms with E-state index in [0.29, 0.717) is 5.69 Å². The van der Waals surface area contributed by atoms with Crippen LogP contribution in [0.3, 0.4) is 0 Å². The Balaban J connectivity index is 2.56. The van der Waals surface area contributed by atoms with E-state index in [4.69, 9.17) is 0 Å². The van der Waals surface area contributed by atoms with Crippen LogP contribution in [0.1, 0.15) is 25.3 Å². The third-order valence-corrected chi connectivity index (χ3v) is 4.23. The average molecular weight is 295 g/mol. The molecule has 110 valence electrons. The molecule has 1 aromatic carbocycles. The molecule has 0 unspecified atom stereocenters. The highest BCUT2D eigenvalue weighted by atomic mass is 32.2. The van der Waals surface area contributed by atoms with Crippen LogP contribution in [0.25, 0.3) is 0 Å². The SMILES string of the molecule is C=CCS(=O)(=O)CC(=O)Nc1ccc(CCCC)cc1. The number of benzene rings is 1. The van der Waals surface area contributed by atoms with Gasteiger partial charge >= 0.3 is 0 Å². The fourth-order valence-electron chi connectivity index (χ4n) is 1.77. The highest BCUT2D eigenvalue weighted by Crippen LogP contribution is 2.12. The summed E-state index contributed by atoms with van der Waals surface area (Å²) in [5.41, 5.74) is 1.83. The van der Waals surface area contributed by atoms with Gasteiger partial charge < -0.3 is 5.32 Å². The van der Waals surface area contributed by atoms with E-state index in [9.17, 15) is 13.2 Å². The molecule has 0 saturated heterocycles. The highest BCUT2D eigenvalue weighted by molar-refractivity contribution is 7.92. The van der Waals surface area contributed by atoms with Crippen molar-refractivity contribution in [3.05, 3.63) is 42.5 Å². The summed E-state index contributed by atoms with van der Waals surface area (Å²) in [6.07, 6.45) is 4.56. The average Bonchev–Trinajstić information content (AvgIpc) is 2.37. The van der Waals surface area contributed by atoms with E-state index in [1.54, 1.807) is 12.1 Å². The quantitative estimate of drug-likeness (QED) is 0.750. The number of sulfone groups is 1. The highest BCUT2D eigenvalue weighted by Gasteiger charge is 2.14. The number of carbonyl (C=O) groups excluding carboxylic acids is 1. The lowest BCUT2D eigenvalue weighted by Crippen LogP contribution is -2.24. The van der Waals surface area contributed by atoms with Gasteiger partial charge in [0, 0.05) is 5.69 Å². The molecule has 0 aliphatic rings. The zero-order chi connectivity index (χ0) is 15.0. The van der Waals surface area contributed by atoms with E-state index in [2.05, 4.69) is 18.8 Å². The molecule has 20 heavy (non-hydrogen) atoms. The van der Waals surface area contributed by atoms with Gasteiger partial charge in [-0.15, -0.1) is 6.58 Å². The second kappa shape index (κ2) is 7.85. The van der Waals surface area contributed by atoms with Crippen LogP contribution in [0, 0.1) is 0 Å². The van der Waals surface area contributed by atoms with Crippen molar-refractivity contribution >= 4 is 21.4 Å². The van der Waals surface area contributed by atoms with Crippen molar-refractivity contribution in [2.24, 2.45) is 0 Å². The maximum Gasteiger partial charge on any atom is 0.239 e. The zero-order valence-electron chi connectivity index (χ0n) is 11.8. The second-order valence-electron chi connectivity index (χ2n) is 4.69. The summed E-state index contributed by atoms with van der Waals surface area (Å²) in [7, 11) is -3.40. The number of anilines is 1. The Hall–Kier alpha value is -1.62. The summed E-state index contributed by atoms with van der Waals surface area (Å²) in [5, 5.41) is 2.59. The maximum atomic E-state index is 11.6. The van der Waals surface area contributed by atoms with Crippen molar-refractivity contribution in [2.75, 3.05) is 16.8 Å². The van der Waals surface area contributed by atoms with Crippen LogP contribution in [0.2, 0.25) is 0 Å². The number of hydrogen-bond acceptors (Lipinski definition) is 3. The number of nitrogens with one attached hydrogen (secondary N) is 1. The third-order valence-electron chi connectivity index (χ3n) is 2.78. The minimum atomic E-state index is -3.40. The molecular weight excluding hydrogens is 274 g/mol. The van der Waals surface area contributed by atoms with E-state index in [1.807, 2.05) is 12.1 Å². The van der Waals surface area contributed by atoms with E-state index >= 15 is 0 Å². The lowest BCUT2D eigenvalue weighted by atomic mass is 10.1. The molecule has 1 amide bonds. The molecule has 1 N–H and O–H groups in total. The molecule has 1 aromatic rings. The molecule has 0 saturated carbocycles. The maximum absolute atomic E-state index is 11.6. The Bertz CT molecular complexity index is 547. The molecular formula is C15H21NO3S. The smallest absolute Gasteiger partial charge is 0.239 e. The van der Waals surface area contributed by atoms with Gasteiger partial charge in [0.1, 0.15) is 5.75 Å². The molecule has 0 aliphatic carbocycles. The molecule has 4 nitrogen and oxygen atoms in total. The lowest BCUT2D eigenvalue weighted by Gasteiger charge is -2.06. The fraction of sp³-hybridized carbons (Fsp3) is 0.400. The van der Waals surface area contributed by atoms with Crippen LogP contribution in [-0.4, -0.2) is 25.8 Å². The first-order valence-corrected chi connectivity index (χ1v) is 8.49. The predicted octanol–water partition coefficient (Wildman–Crippen LogP) is 2.57. The number of hydrogen-bond donors (Lipinski definition) is 1. The van der Waals surface area contributed by atoms with Gasteiger partial charge in [-0.3, -0.25) is 4.79 Å². The molecule has 0 aliphatic heterocycles. The number of carbonyl (C=O) groups is 1. The molecule has 0 spiro atoms. The van der Waals surface area contributed by atoms with Gasteiger partial charge in [-0.05, 0) is 30.5 Å². The van der Waals surface area contributed by atoms with Crippen LogP contribution < -0.4 is 5.32 Å². The first kappa shape index (κ1) is 16.4. The van der Waals surface area contributed by atoms with Crippen LogP contribution >= 0.6 is 0 Å². The molecule has 0 aromatic heterocycles. The van der Waals surface area contributed by atoms with Crippen LogP contribution in [0.15, 0.2) is 36.9 Å². The van der Waals surface area contributed by atoms with Gasteiger partial charge in [-0.2, -0.15) is 0 Å². The lowest BCUT2D eigenvalue weighted by molar-refractivity contribution is -0.113. The van der Waals surface area contributed by atoms with Gasteiger partial charge in [0.05, 0.1) is 5.75 Å². The topological polar surface area (TPSA) is 63.2 Å². The molecule has 1 rings (SSSR count). The van der Waals surface area contributed by atoms with Crippen LogP contribution in [0.5, 0.6) is 0 Å². The van der Waals surface area contributed by atoms with Crippen molar-refractivity contribution in [1.82, 2.24) is 0 Å². The molecule has 0 fully saturated rings. The van der Waals surface area contributed by atoms with Crippen LogP contribution in [-0.2, 0) is 21.1 Å². The molecule has 0 bridgehead atoms. The van der Waals surface area contributed by atoms with Gasteiger partial charge in [0.25, 0.3) is 0 Å². The summed E-state index contributed by atoms with van der Waals surface area (Å²) in [6.45, 7) is 5.50. The van der Waals surface area contributed by atoms with Crippen molar-refractivity contribution in [3.8, 4) is 0 Å². The van der Waals surface area contributed by atoms with E-state index in [-0.39, 0.29) is 5.75 Å². The summed E-state index contributed by atoms with van der Waals surface area (Å²) in [4.78, 5) is 11.6. The summed E-state index contributed by atoms with van der Waals surface area (Å²) in [5.74, 6) is -1.22. The normalized spacial score (nSPS) is 11.1. The standard InChI is InChI=1S/C15H21NO3S/c1-3-5-6-13-7-9-14(10-8-13)16-15(17)12-20(18,19)11-4-2/h4,7-10H,2-3,5-6,11-12H2,1H3,(H,16,17). The van der Waals surface area contributed by atoms with Gasteiger partial charge in [-0.25, -0.2) is 8.42 Å². The molecule has 5 heteroatoms. The first-order valence-electron chi connectivity index (χ1n) is 6.67.